The zero-order valence-electron chi connectivity index (χ0n) is 20.3. The molecule has 1 atom stereocenters. The van der Waals surface area contributed by atoms with Crippen LogP contribution in [0.3, 0.4) is 0 Å². The van der Waals surface area contributed by atoms with Gasteiger partial charge in [0.15, 0.2) is 5.78 Å². The number of phenols is 1. The third kappa shape index (κ3) is 6.80. The topological polar surface area (TPSA) is 72.8 Å². The molecule has 1 N–H and O–H groups in total. The van der Waals surface area contributed by atoms with E-state index in [2.05, 4.69) is 20.8 Å². The molecule has 0 amide bonds. The molecule has 0 fully saturated rings. The first-order valence-electron chi connectivity index (χ1n) is 10.5. The molecule has 1 aromatic carbocycles. The van der Waals surface area contributed by atoms with Crippen LogP contribution in [0.5, 0.6) is 5.75 Å². The van der Waals surface area contributed by atoms with Gasteiger partial charge in [-0.3, -0.25) is 13.9 Å². The Balaban J connectivity index is 3.34. The highest BCUT2D eigenvalue weighted by Crippen LogP contribution is 2.51. The molecule has 6 heteroatoms. The second kappa shape index (κ2) is 9.38. The standard InChI is InChI=1S/C24H39O5P/c1-11-28-30(27,12-2)29-24(9,10)20(25)14-13-17-15-18(22(3,4)5)16-19(21(17)26)23(6,7)8/h13-16,26H,11-12H2,1-10H3. The maximum Gasteiger partial charge on any atom is 0.331 e. The Labute approximate surface area is 182 Å². The first kappa shape index (κ1) is 26.6. The number of phenolic OH excluding ortho intramolecular Hbond substituents is 1. The average Bonchev–Trinajstić information content (AvgIpc) is 2.58. The summed E-state index contributed by atoms with van der Waals surface area (Å²) in [4.78, 5) is 12.8. The van der Waals surface area contributed by atoms with Crippen molar-refractivity contribution in [1.29, 1.82) is 0 Å². The smallest absolute Gasteiger partial charge is 0.331 e. The maximum absolute atomic E-state index is 12.8. The van der Waals surface area contributed by atoms with E-state index < -0.39 is 13.2 Å². The zero-order valence-corrected chi connectivity index (χ0v) is 21.1. The molecule has 30 heavy (non-hydrogen) atoms. The molecule has 0 radical (unpaired) electrons. The Hall–Kier alpha value is -1.42. The molecule has 0 saturated carbocycles. The third-order valence-electron chi connectivity index (χ3n) is 4.90. The SMILES string of the molecule is CCOP(=O)(CC)OC(C)(C)C(=O)C=Cc1cc(C(C)(C)C)cc(C(C)(C)C)c1O. The molecule has 170 valence electrons. The summed E-state index contributed by atoms with van der Waals surface area (Å²) in [6.07, 6.45) is 3.16. The molecule has 0 aromatic heterocycles. The van der Waals surface area contributed by atoms with Gasteiger partial charge in [0.2, 0.25) is 0 Å². The molecule has 0 aliphatic rings. The molecule has 0 heterocycles. The summed E-state index contributed by atoms with van der Waals surface area (Å²) in [5.41, 5.74) is 0.768. The van der Waals surface area contributed by atoms with Crippen molar-refractivity contribution in [1.82, 2.24) is 0 Å². The summed E-state index contributed by atoms with van der Waals surface area (Å²) in [5, 5.41) is 10.9. The van der Waals surface area contributed by atoms with Crippen molar-refractivity contribution < 1.29 is 23.5 Å². The second-order valence-corrected chi connectivity index (χ2v) is 12.4. The Morgan fingerprint density at radius 2 is 1.60 bits per heavy atom. The summed E-state index contributed by atoms with van der Waals surface area (Å²) in [6.45, 7) is 19.3. The van der Waals surface area contributed by atoms with Gasteiger partial charge in [0.25, 0.3) is 0 Å². The van der Waals surface area contributed by atoms with Crippen LogP contribution in [0.15, 0.2) is 18.2 Å². The second-order valence-electron chi connectivity index (χ2n) is 10.1. The average molecular weight is 439 g/mol. The van der Waals surface area contributed by atoms with Crippen molar-refractivity contribution >= 4 is 19.5 Å². The number of ketones is 1. The van der Waals surface area contributed by atoms with Gasteiger partial charge in [-0.2, -0.15) is 0 Å². The van der Waals surface area contributed by atoms with Gasteiger partial charge >= 0.3 is 7.60 Å². The van der Waals surface area contributed by atoms with E-state index >= 15 is 0 Å². The number of benzene rings is 1. The molecule has 1 unspecified atom stereocenters. The van der Waals surface area contributed by atoms with Crippen LogP contribution in [0.1, 0.15) is 85.9 Å². The number of hydrogen-bond donors (Lipinski definition) is 1. The summed E-state index contributed by atoms with van der Waals surface area (Å²) >= 11 is 0. The van der Waals surface area contributed by atoms with Gasteiger partial charge in [0, 0.05) is 17.3 Å². The molecule has 0 bridgehead atoms. The fourth-order valence-electron chi connectivity index (χ4n) is 2.93. The normalized spacial score (nSPS) is 15.4. The van der Waals surface area contributed by atoms with E-state index in [9.17, 15) is 14.5 Å². The predicted octanol–water partition coefficient (Wildman–Crippen LogP) is 6.61. The first-order chi connectivity index (χ1) is 13.5. The van der Waals surface area contributed by atoms with Gasteiger partial charge in [-0.25, -0.2) is 0 Å². The minimum atomic E-state index is -3.34. The lowest BCUT2D eigenvalue weighted by molar-refractivity contribution is -0.127. The summed E-state index contributed by atoms with van der Waals surface area (Å²) in [5.74, 6) is -0.194. The van der Waals surface area contributed by atoms with Gasteiger partial charge in [-0.05, 0) is 55.4 Å². The van der Waals surface area contributed by atoms with Crippen LogP contribution in [-0.4, -0.2) is 29.3 Å². The number of aromatic hydroxyl groups is 1. The number of rotatable bonds is 8. The number of hydrogen-bond acceptors (Lipinski definition) is 5. The number of carbonyl (C=O) groups excluding carboxylic acids is 1. The Bertz CT molecular complexity index is 838. The zero-order chi connectivity index (χ0) is 23.5. The third-order valence-corrected chi connectivity index (χ3v) is 7.06. The highest BCUT2D eigenvalue weighted by molar-refractivity contribution is 7.53. The minimum Gasteiger partial charge on any atom is -0.507 e. The van der Waals surface area contributed by atoms with Crippen LogP contribution in [0.2, 0.25) is 0 Å². The Morgan fingerprint density at radius 3 is 2.03 bits per heavy atom. The summed E-state index contributed by atoms with van der Waals surface area (Å²) in [7, 11) is -3.34. The molecule has 0 aliphatic carbocycles. The lowest BCUT2D eigenvalue weighted by atomic mass is 9.79. The molecule has 0 spiro atoms. The van der Waals surface area contributed by atoms with Gasteiger partial charge in [-0.1, -0.05) is 54.5 Å². The van der Waals surface area contributed by atoms with Crippen molar-refractivity contribution in [3.8, 4) is 5.75 Å². The fraction of sp³-hybridized carbons (Fsp3) is 0.625. The summed E-state index contributed by atoms with van der Waals surface area (Å²) in [6, 6.07) is 3.93. The van der Waals surface area contributed by atoms with Crippen molar-refractivity contribution in [3.63, 3.8) is 0 Å². The van der Waals surface area contributed by atoms with Crippen LogP contribution >= 0.6 is 7.60 Å². The van der Waals surface area contributed by atoms with E-state index in [1.807, 2.05) is 32.9 Å². The highest BCUT2D eigenvalue weighted by atomic mass is 31.2. The van der Waals surface area contributed by atoms with E-state index in [0.29, 0.717) is 5.56 Å². The van der Waals surface area contributed by atoms with E-state index in [4.69, 9.17) is 9.05 Å². The largest absolute Gasteiger partial charge is 0.507 e. The molecule has 0 saturated heterocycles. The van der Waals surface area contributed by atoms with E-state index in [0.717, 1.165) is 11.1 Å². The quantitative estimate of drug-likeness (QED) is 0.365. The van der Waals surface area contributed by atoms with Crippen molar-refractivity contribution in [2.75, 3.05) is 12.8 Å². The summed E-state index contributed by atoms with van der Waals surface area (Å²) < 4.78 is 23.6. The van der Waals surface area contributed by atoms with E-state index in [-0.39, 0.29) is 35.1 Å². The van der Waals surface area contributed by atoms with Crippen LogP contribution in [0, 0.1) is 0 Å². The van der Waals surface area contributed by atoms with Gasteiger partial charge < -0.3 is 9.63 Å². The molecule has 5 nitrogen and oxygen atoms in total. The van der Waals surface area contributed by atoms with Crippen molar-refractivity contribution in [2.24, 2.45) is 0 Å². The van der Waals surface area contributed by atoms with Gasteiger partial charge in [0.1, 0.15) is 11.4 Å². The molecular formula is C24H39O5P. The lowest BCUT2D eigenvalue weighted by Gasteiger charge is -2.28. The van der Waals surface area contributed by atoms with Crippen molar-refractivity contribution in [3.05, 3.63) is 34.9 Å². The van der Waals surface area contributed by atoms with Gasteiger partial charge in [0.05, 0.1) is 6.61 Å². The predicted molar refractivity (Wildman–Crippen MR) is 124 cm³/mol. The van der Waals surface area contributed by atoms with Crippen LogP contribution in [-0.2, 0) is 29.2 Å². The lowest BCUT2D eigenvalue weighted by Crippen LogP contribution is -2.33. The number of carbonyl (C=O) groups is 1. The van der Waals surface area contributed by atoms with E-state index in [1.165, 1.54) is 6.08 Å². The first-order valence-corrected chi connectivity index (χ1v) is 12.2. The van der Waals surface area contributed by atoms with Crippen LogP contribution in [0.25, 0.3) is 6.08 Å². The Morgan fingerprint density at radius 1 is 1.03 bits per heavy atom. The van der Waals surface area contributed by atoms with Crippen molar-refractivity contribution in [2.45, 2.75) is 85.7 Å². The molecular weight excluding hydrogens is 399 g/mol. The van der Waals surface area contributed by atoms with Gasteiger partial charge in [-0.15, -0.1) is 0 Å². The Kier molecular flexibility index (Phi) is 8.32. The minimum absolute atomic E-state index is 0.117. The molecule has 1 rings (SSSR count). The highest BCUT2D eigenvalue weighted by Gasteiger charge is 2.36. The van der Waals surface area contributed by atoms with E-state index in [1.54, 1.807) is 33.8 Å². The molecule has 0 aliphatic heterocycles. The van der Waals surface area contributed by atoms with Crippen LogP contribution < -0.4 is 0 Å². The fourth-order valence-corrected chi connectivity index (χ4v) is 4.47. The maximum atomic E-state index is 12.8. The molecule has 1 aromatic rings. The monoisotopic (exact) mass is 438 g/mol. The van der Waals surface area contributed by atoms with Crippen LogP contribution in [0.4, 0.5) is 0 Å².